The maximum absolute atomic E-state index is 13.2. The molecule has 8 rings (SSSR count). The molecule has 49 heavy (non-hydrogen) atoms. The number of hydrogen-bond acceptors (Lipinski definition) is 5. The number of nitrogens with one attached hydrogen (secondary N) is 2. The minimum atomic E-state index is -0.974. The van der Waals surface area contributed by atoms with Crippen molar-refractivity contribution >= 4 is 16.7 Å². The number of aromatic amines is 1. The van der Waals surface area contributed by atoms with Crippen molar-refractivity contribution in [2.45, 2.75) is 140 Å². The predicted octanol–water partition coefficient (Wildman–Crippen LogP) is 8.04. The molecule has 0 amide bonds. The van der Waals surface area contributed by atoms with E-state index >= 15 is 0 Å². The number of hydrogen-bond donors (Lipinski definition) is 4. The molecule has 2 fully saturated rings. The van der Waals surface area contributed by atoms with Crippen LogP contribution in [0.3, 0.4) is 0 Å². The molecule has 1 saturated carbocycles. The fraction of sp³-hybridized carbons (Fsp3) is 0.643. The van der Waals surface area contributed by atoms with Crippen molar-refractivity contribution in [3.8, 4) is 11.5 Å². The molecule has 7 nitrogen and oxygen atoms in total. The molecule has 4 atom stereocenters. The number of aliphatic imine (C=N–C) groups is 1. The quantitative estimate of drug-likeness (QED) is 0.0706. The van der Waals surface area contributed by atoms with Crippen LogP contribution in [0.4, 0.5) is 0 Å². The Morgan fingerprint density at radius 3 is 2.61 bits per heavy atom. The molecule has 4 N–H and O–H groups in total. The second-order valence-corrected chi connectivity index (χ2v) is 16.1. The molecule has 0 unspecified atom stereocenters. The number of phenolic OH excluding ortho intramolecular Hbond substituents is 1. The molecule has 3 heterocycles. The van der Waals surface area contributed by atoms with Gasteiger partial charge in [0.25, 0.3) is 0 Å². The first-order valence-corrected chi connectivity index (χ1v) is 19.9. The first-order valence-electron chi connectivity index (χ1n) is 19.9. The second kappa shape index (κ2) is 13.6. The van der Waals surface area contributed by atoms with Gasteiger partial charge in [0, 0.05) is 55.0 Å². The molecule has 3 aromatic rings. The first-order chi connectivity index (χ1) is 24.0. The topological polar surface area (TPSA) is 93.1 Å². The number of nitrogens with zero attached hydrogens (tertiary/aromatic N) is 2. The van der Waals surface area contributed by atoms with Gasteiger partial charge in [0.1, 0.15) is 5.84 Å². The van der Waals surface area contributed by atoms with Crippen LogP contribution in [0.25, 0.3) is 10.9 Å². The molecule has 2 aliphatic heterocycles. The van der Waals surface area contributed by atoms with E-state index in [0.717, 1.165) is 80.4 Å². The highest BCUT2D eigenvalue weighted by atomic mass is 16.5. The van der Waals surface area contributed by atoms with Gasteiger partial charge in [-0.25, -0.2) is 0 Å². The lowest BCUT2D eigenvalue weighted by Gasteiger charge is -2.62. The second-order valence-electron chi connectivity index (χ2n) is 16.1. The number of amidine groups is 1. The van der Waals surface area contributed by atoms with Gasteiger partial charge < -0.3 is 25.3 Å². The molecule has 1 saturated heterocycles. The number of benzene rings is 2. The van der Waals surface area contributed by atoms with Crippen LogP contribution in [0, 0.1) is 5.92 Å². The summed E-state index contributed by atoms with van der Waals surface area (Å²) >= 11 is 0. The van der Waals surface area contributed by atoms with Crippen LogP contribution in [-0.4, -0.2) is 63.8 Å². The van der Waals surface area contributed by atoms with E-state index in [1.807, 2.05) is 0 Å². The van der Waals surface area contributed by atoms with Crippen molar-refractivity contribution in [2.75, 3.05) is 26.2 Å². The first kappa shape index (κ1) is 33.1. The van der Waals surface area contributed by atoms with E-state index in [9.17, 15) is 10.2 Å². The SMILES string of the molecule is CCCCCCCN=C(Cc1ccc2[nH]c3c(c2c1)C[C@@]1(O)[C@@H]2Cc4ccc(O)c5c4[C@@]1(CCN2CC1CC1)[C@H]3O5)NCCCCCCC. The van der Waals surface area contributed by atoms with E-state index in [1.54, 1.807) is 6.07 Å². The number of fused-ring (bicyclic) bond motifs is 4. The largest absolute Gasteiger partial charge is 0.504 e. The van der Waals surface area contributed by atoms with E-state index in [-0.39, 0.29) is 17.9 Å². The van der Waals surface area contributed by atoms with Crippen LogP contribution in [0.1, 0.15) is 131 Å². The van der Waals surface area contributed by atoms with E-state index in [1.165, 1.54) is 92.7 Å². The van der Waals surface area contributed by atoms with Gasteiger partial charge in [0.15, 0.2) is 17.6 Å². The Balaban J connectivity index is 1.10. The average molecular weight is 667 g/mol. The van der Waals surface area contributed by atoms with E-state index in [4.69, 9.17) is 9.73 Å². The van der Waals surface area contributed by atoms with Crippen LogP contribution in [-0.2, 0) is 24.7 Å². The fourth-order valence-corrected chi connectivity index (χ4v) is 10.0. The smallest absolute Gasteiger partial charge is 0.166 e. The van der Waals surface area contributed by atoms with Gasteiger partial charge in [-0.2, -0.15) is 0 Å². The Bertz CT molecular complexity index is 1690. The van der Waals surface area contributed by atoms with Gasteiger partial charge in [-0.1, -0.05) is 77.3 Å². The fourth-order valence-electron chi connectivity index (χ4n) is 10.0. The molecule has 264 valence electrons. The third-order valence-electron chi connectivity index (χ3n) is 12.8. The summed E-state index contributed by atoms with van der Waals surface area (Å²) in [5, 5.41) is 29.2. The van der Waals surface area contributed by atoms with Gasteiger partial charge in [0.2, 0.25) is 0 Å². The van der Waals surface area contributed by atoms with Crippen LogP contribution in [0.2, 0.25) is 0 Å². The van der Waals surface area contributed by atoms with Crippen LogP contribution in [0.15, 0.2) is 35.3 Å². The zero-order valence-corrected chi connectivity index (χ0v) is 30.0. The lowest BCUT2D eigenvalue weighted by Crippen LogP contribution is -2.74. The summed E-state index contributed by atoms with van der Waals surface area (Å²) in [5.74, 6) is 2.65. The number of H-pyrrole nitrogens is 1. The highest BCUT2D eigenvalue weighted by molar-refractivity contribution is 5.89. The van der Waals surface area contributed by atoms with Crippen LogP contribution in [0.5, 0.6) is 11.5 Å². The number of rotatable bonds is 16. The third kappa shape index (κ3) is 5.77. The number of ether oxygens (including phenoxy) is 1. The zero-order valence-electron chi connectivity index (χ0n) is 30.0. The summed E-state index contributed by atoms with van der Waals surface area (Å²) in [6.45, 7) is 8.43. The maximum atomic E-state index is 13.2. The Kier molecular flexibility index (Phi) is 9.19. The summed E-state index contributed by atoms with van der Waals surface area (Å²) < 4.78 is 6.82. The minimum Gasteiger partial charge on any atom is -0.504 e. The number of aromatic nitrogens is 1. The van der Waals surface area contributed by atoms with Gasteiger partial charge in [-0.05, 0) is 85.9 Å². The molecule has 7 heteroatoms. The Morgan fingerprint density at radius 2 is 1.82 bits per heavy atom. The van der Waals surface area contributed by atoms with Crippen molar-refractivity contribution in [1.29, 1.82) is 0 Å². The standard InChI is InChI=1S/C42H58N4O3/c1-3-5-7-9-11-20-43-36(44-21-12-10-8-6-4-2)24-29-15-17-33-31(23-29)32-26-42(48)35-25-30-16-18-34(47)39-37(30)41(42,40(49-39)38(32)45-33)19-22-46(35)27-28-13-14-28/h15-18,23,28,35,40,45,47-48H,3-14,19-22,24-27H2,1-2H3,(H,43,44)/t35-,40-,41-,42+/m0/s1. The molecule has 1 aromatic heterocycles. The molecule has 5 aliphatic rings. The minimum absolute atomic E-state index is 0.0369. The number of aliphatic hydroxyl groups is 1. The van der Waals surface area contributed by atoms with Crippen LogP contribution < -0.4 is 10.1 Å². The molecule has 3 aliphatic carbocycles. The van der Waals surface area contributed by atoms with E-state index < -0.39 is 11.0 Å². The Labute approximate surface area is 292 Å². The number of phenols is 1. The summed E-state index contributed by atoms with van der Waals surface area (Å²) in [6.07, 6.45) is 17.9. The summed E-state index contributed by atoms with van der Waals surface area (Å²) in [5.41, 5.74) is 5.39. The molecule has 1 spiro atoms. The maximum Gasteiger partial charge on any atom is 0.166 e. The molecular formula is C42H58N4O3. The number of unbranched alkanes of at least 4 members (excludes halogenated alkanes) is 8. The molecule has 2 bridgehead atoms. The third-order valence-corrected chi connectivity index (χ3v) is 12.8. The monoisotopic (exact) mass is 666 g/mol. The Morgan fingerprint density at radius 1 is 1.02 bits per heavy atom. The van der Waals surface area contributed by atoms with Gasteiger partial charge in [-0.3, -0.25) is 9.89 Å². The average Bonchev–Trinajstić information content (AvgIpc) is 3.74. The predicted molar refractivity (Wildman–Crippen MR) is 198 cm³/mol. The number of likely N-dealkylation sites (tertiary alicyclic amines) is 1. The summed E-state index contributed by atoms with van der Waals surface area (Å²) in [6, 6.07) is 10.7. The van der Waals surface area contributed by atoms with Crippen molar-refractivity contribution in [2.24, 2.45) is 10.9 Å². The van der Waals surface area contributed by atoms with Crippen molar-refractivity contribution in [3.63, 3.8) is 0 Å². The van der Waals surface area contributed by atoms with E-state index in [0.29, 0.717) is 12.2 Å². The van der Waals surface area contributed by atoms with Crippen molar-refractivity contribution < 1.29 is 14.9 Å². The molecular weight excluding hydrogens is 608 g/mol. The van der Waals surface area contributed by atoms with Gasteiger partial charge in [-0.15, -0.1) is 0 Å². The van der Waals surface area contributed by atoms with Crippen molar-refractivity contribution in [3.05, 3.63) is 58.3 Å². The molecule has 0 radical (unpaired) electrons. The van der Waals surface area contributed by atoms with Gasteiger partial charge in [0.05, 0.1) is 16.7 Å². The summed E-state index contributed by atoms with van der Waals surface area (Å²) in [4.78, 5) is 11.5. The Hall–Kier alpha value is -3.03. The van der Waals surface area contributed by atoms with E-state index in [2.05, 4.69) is 53.3 Å². The van der Waals surface area contributed by atoms with Crippen LogP contribution >= 0.6 is 0 Å². The lowest BCUT2D eigenvalue weighted by atomic mass is 9.49. The summed E-state index contributed by atoms with van der Waals surface area (Å²) in [7, 11) is 0. The van der Waals surface area contributed by atoms with Crippen molar-refractivity contribution in [1.82, 2.24) is 15.2 Å². The number of piperidine rings is 1. The highest BCUT2D eigenvalue weighted by Gasteiger charge is 2.72. The van der Waals surface area contributed by atoms with Gasteiger partial charge >= 0.3 is 0 Å². The highest BCUT2D eigenvalue weighted by Crippen LogP contribution is 2.69. The normalized spacial score (nSPS) is 26.9. The zero-order chi connectivity index (χ0) is 33.6. The molecule has 2 aromatic carbocycles. The number of aromatic hydroxyl groups is 1. The lowest BCUT2D eigenvalue weighted by molar-refractivity contribution is -0.173.